The summed E-state index contributed by atoms with van der Waals surface area (Å²) in [6.07, 6.45) is 1.74. The highest BCUT2D eigenvalue weighted by atomic mass is 35.5. The van der Waals surface area contributed by atoms with Crippen molar-refractivity contribution in [3.8, 4) is 0 Å². The quantitative estimate of drug-likeness (QED) is 0.722. The van der Waals surface area contributed by atoms with Crippen LogP contribution in [-0.4, -0.2) is 10.7 Å². The van der Waals surface area contributed by atoms with Gasteiger partial charge in [0.1, 0.15) is 0 Å². The number of aliphatic imine (C=N–C) groups is 1. The summed E-state index contributed by atoms with van der Waals surface area (Å²) in [5.41, 5.74) is 3.35. The lowest BCUT2D eigenvalue weighted by Gasteiger charge is -2.06. The minimum absolute atomic E-state index is 0.551. The summed E-state index contributed by atoms with van der Waals surface area (Å²) >= 11 is 12.1. The molecule has 0 radical (unpaired) electrons. The van der Waals surface area contributed by atoms with E-state index in [9.17, 15) is 0 Å². The van der Waals surface area contributed by atoms with Crippen LogP contribution in [-0.2, 0) is 0 Å². The van der Waals surface area contributed by atoms with Crippen LogP contribution < -0.4 is 0 Å². The smallest absolute Gasteiger partial charge is 0.0850 e. The molecule has 1 aromatic heterocycles. The molecule has 0 aliphatic heterocycles. The van der Waals surface area contributed by atoms with Gasteiger partial charge in [0.15, 0.2) is 0 Å². The molecule has 0 aliphatic rings. The van der Waals surface area contributed by atoms with Crippen molar-refractivity contribution in [1.82, 2.24) is 4.98 Å². The average molecular weight is 279 g/mol. The maximum absolute atomic E-state index is 6.15. The third-order valence-electron chi connectivity index (χ3n) is 2.53. The highest BCUT2D eigenvalue weighted by Gasteiger charge is 2.06. The maximum Gasteiger partial charge on any atom is 0.0850 e. The molecule has 2 rings (SSSR count). The van der Waals surface area contributed by atoms with Gasteiger partial charge in [0.05, 0.1) is 22.1 Å². The van der Waals surface area contributed by atoms with Crippen LogP contribution in [0.3, 0.4) is 0 Å². The van der Waals surface area contributed by atoms with Crippen molar-refractivity contribution in [2.24, 2.45) is 4.99 Å². The van der Waals surface area contributed by atoms with Gasteiger partial charge in [0.25, 0.3) is 0 Å². The second kappa shape index (κ2) is 5.51. The number of hydrogen-bond donors (Lipinski definition) is 0. The van der Waals surface area contributed by atoms with Gasteiger partial charge in [0.2, 0.25) is 0 Å². The third-order valence-corrected chi connectivity index (χ3v) is 3.04. The number of pyridine rings is 1. The number of nitrogens with zero attached hydrogens (tertiary/aromatic N) is 2. The first-order valence-electron chi connectivity index (χ1n) is 5.50. The van der Waals surface area contributed by atoms with Crippen LogP contribution in [0.25, 0.3) is 0 Å². The Labute approximate surface area is 116 Å². The fraction of sp³-hybridized carbons (Fsp3) is 0.143. The Morgan fingerprint density at radius 1 is 1.22 bits per heavy atom. The Bertz CT molecular complexity index is 569. The largest absolute Gasteiger partial charge is 0.255 e. The van der Waals surface area contributed by atoms with Gasteiger partial charge in [-0.05, 0) is 43.7 Å². The summed E-state index contributed by atoms with van der Waals surface area (Å²) in [4.78, 5) is 8.78. The predicted molar refractivity (Wildman–Crippen MR) is 77.3 cm³/mol. The molecule has 0 atom stereocenters. The van der Waals surface area contributed by atoms with E-state index < -0.39 is 0 Å². The zero-order valence-corrected chi connectivity index (χ0v) is 11.6. The summed E-state index contributed by atoms with van der Waals surface area (Å²) < 4.78 is 0. The van der Waals surface area contributed by atoms with Crippen molar-refractivity contribution in [2.45, 2.75) is 13.8 Å². The van der Waals surface area contributed by atoms with Crippen molar-refractivity contribution in [3.63, 3.8) is 0 Å². The minimum Gasteiger partial charge on any atom is -0.255 e. The molecule has 92 valence electrons. The van der Waals surface area contributed by atoms with E-state index in [4.69, 9.17) is 23.2 Å². The van der Waals surface area contributed by atoms with Crippen molar-refractivity contribution in [3.05, 3.63) is 57.8 Å². The van der Waals surface area contributed by atoms with Crippen LogP contribution in [0.15, 0.2) is 41.5 Å². The highest BCUT2D eigenvalue weighted by Crippen LogP contribution is 2.32. The fourth-order valence-electron chi connectivity index (χ4n) is 1.64. The summed E-state index contributed by atoms with van der Waals surface area (Å²) in [5, 5.41) is 1.17. The number of halogens is 2. The second-order valence-electron chi connectivity index (χ2n) is 3.97. The SMILES string of the molecule is CC(=Nc1c(C)cc(Cl)cc1Cl)c1ccccn1. The zero-order valence-electron chi connectivity index (χ0n) is 10.1. The number of hydrogen-bond acceptors (Lipinski definition) is 2. The summed E-state index contributed by atoms with van der Waals surface area (Å²) in [6, 6.07) is 9.26. The number of benzene rings is 1. The first-order valence-corrected chi connectivity index (χ1v) is 6.26. The van der Waals surface area contributed by atoms with Gasteiger partial charge < -0.3 is 0 Å². The van der Waals surface area contributed by atoms with E-state index in [0.717, 1.165) is 22.7 Å². The molecule has 2 nitrogen and oxygen atoms in total. The molecule has 2 aromatic rings. The Morgan fingerprint density at radius 2 is 2.00 bits per heavy atom. The van der Waals surface area contributed by atoms with E-state index in [1.54, 1.807) is 12.3 Å². The summed E-state index contributed by atoms with van der Waals surface area (Å²) in [5.74, 6) is 0. The fourth-order valence-corrected chi connectivity index (χ4v) is 2.28. The molecule has 0 spiro atoms. The number of rotatable bonds is 2. The van der Waals surface area contributed by atoms with Gasteiger partial charge in [-0.2, -0.15) is 0 Å². The standard InChI is InChI=1S/C14H12Cl2N2/c1-9-7-11(15)8-12(16)14(9)18-10(2)13-5-3-4-6-17-13/h3-8H,1-2H3. The zero-order chi connectivity index (χ0) is 13.1. The van der Waals surface area contributed by atoms with Crippen LogP contribution in [0.1, 0.15) is 18.2 Å². The molecule has 0 bridgehead atoms. The van der Waals surface area contributed by atoms with Crippen molar-refractivity contribution >= 4 is 34.6 Å². The average Bonchev–Trinajstić information content (AvgIpc) is 2.34. The van der Waals surface area contributed by atoms with E-state index in [-0.39, 0.29) is 0 Å². The first-order chi connectivity index (χ1) is 8.58. The lowest BCUT2D eigenvalue weighted by Crippen LogP contribution is -1.97. The molecule has 1 aromatic carbocycles. The van der Waals surface area contributed by atoms with Crippen LogP contribution in [0.5, 0.6) is 0 Å². The Hall–Kier alpha value is -1.38. The lowest BCUT2D eigenvalue weighted by molar-refractivity contribution is 1.27. The van der Waals surface area contributed by atoms with Crippen LogP contribution in [0.2, 0.25) is 10.0 Å². The summed E-state index contributed by atoms with van der Waals surface area (Å²) in [6.45, 7) is 3.84. The predicted octanol–water partition coefficient (Wildman–Crippen LogP) is 4.84. The number of aromatic nitrogens is 1. The molecule has 0 saturated carbocycles. The van der Waals surface area contributed by atoms with Gasteiger partial charge in [-0.3, -0.25) is 4.98 Å². The Kier molecular flexibility index (Phi) is 4.00. The molecule has 0 fully saturated rings. The van der Waals surface area contributed by atoms with E-state index in [1.165, 1.54) is 0 Å². The van der Waals surface area contributed by atoms with Gasteiger partial charge in [0, 0.05) is 11.2 Å². The molecule has 0 amide bonds. The molecule has 0 unspecified atom stereocenters. The molecule has 0 aliphatic carbocycles. The Balaban J connectivity index is 2.45. The van der Waals surface area contributed by atoms with E-state index in [1.807, 2.05) is 38.1 Å². The van der Waals surface area contributed by atoms with E-state index >= 15 is 0 Å². The molecule has 0 N–H and O–H groups in total. The van der Waals surface area contributed by atoms with Gasteiger partial charge in [-0.25, -0.2) is 4.99 Å². The molecule has 0 saturated heterocycles. The summed E-state index contributed by atoms with van der Waals surface area (Å²) in [7, 11) is 0. The molecule has 1 heterocycles. The van der Waals surface area contributed by atoms with E-state index in [0.29, 0.717) is 10.0 Å². The minimum atomic E-state index is 0.551. The van der Waals surface area contributed by atoms with Crippen molar-refractivity contribution < 1.29 is 0 Å². The third kappa shape index (κ3) is 2.89. The monoisotopic (exact) mass is 278 g/mol. The second-order valence-corrected chi connectivity index (χ2v) is 4.81. The van der Waals surface area contributed by atoms with Gasteiger partial charge in [-0.15, -0.1) is 0 Å². The van der Waals surface area contributed by atoms with Gasteiger partial charge in [-0.1, -0.05) is 29.3 Å². The van der Waals surface area contributed by atoms with Gasteiger partial charge >= 0.3 is 0 Å². The van der Waals surface area contributed by atoms with Crippen molar-refractivity contribution in [1.29, 1.82) is 0 Å². The van der Waals surface area contributed by atoms with Crippen molar-refractivity contribution in [2.75, 3.05) is 0 Å². The molecular formula is C14H12Cl2N2. The first kappa shape index (κ1) is 13.1. The Morgan fingerprint density at radius 3 is 2.61 bits per heavy atom. The van der Waals surface area contributed by atoms with E-state index in [2.05, 4.69) is 9.98 Å². The molecular weight excluding hydrogens is 267 g/mol. The van der Waals surface area contributed by atoms with Crippen LogP contribution in [0, 0.1) is 6.92 Å². The van der Waals surface area contributed by atoms with Crippen LogP contribution >= 0.6 is 23.2 Å². The maximum atomic E-state index is 6.15. The highest BCUT2D eigenvalue weighted by molar-refractivity contribution is 6.36. The number of aryl methyl sites for hydroxylation is 1. The topological polar surface area (TPSA) is 25.2 Å². The normalized spacial score (nSPS) is 11.7. The lowest BCUT2D eigenvalue weighted by atomic mass is 10.2. The molecule has 18 heavy (non-hydrogen) atoms. The van der Waals surface area contributed by atoms with Crippen LogP contribution in [0.4, 0.5) is 5.69 Å². The molecule has 4 heteroatoms.